The van der Waals surface area contributed by atoms with Crippen molar-refractivity contribution in [3.8, 4) is 17.1 Å². The summed E-state index contributed by atoms with van der Waals surface area (Å²) in [4.78, 5) is 38.4. The number of halogens is 3. The normalized spacial score (nSPS) is 11.4. The van der Waals surface area contributed by atoms with Crippen LogP contribution in [0, 0.1) is 0 Å². The second-order valence-corrected chi connectivity index (χ2v) is 5.32. The van der Waals surface area contributed by atoms with Gasteiger partial charge in [0, 0.05) is 11.3 Å². The highest BCUT2D eigenvalue weighted by Crippen LogP contribution is 2.35. The fourth-order valence-corrected chi connectivity index (χ4v) is 2.32. The lowest BCUT2D eigenvalue weighted by molar-refractivity contribution is -0.137. The fraction of sp³-hybridized carbons (Fsp3) is 0.0667. The molecule has 2 heterocycles. The molecule has 0 radical (unpaired) electrons. The number of benzene rings is 1. The van der Waals surface area contributed by atoms with Crippen molar-refractivity contribution in [1.82, 2.24) is 20.2 Å². The number of H-pyrrole nitrogens is 3. The first-order valence-corrected chi connectivity index (χ1v) is 7.24. The Labute approximate surface area is 146 Å². The number of hydrogen-bond acceptors (Lipinski definition) is 5. The van der Waals surface area contributed by atoms with Gasteiger partial charge in [-0.15, -0.1) is 0 Å². The van der Waals surface area contributed by atoms with E-state index < -0.39 is 40.3 Å². The summed E-state index contributed by atoms with van der Waals surface area (Å²) in [6, 6.07) is 5.20. The summed E-state index contributed by atoms with van der Waals surface area (Å²) >= 11 is 0. The van der Waals surface area contributed by atoms with Gasteiger partial charge in [-0.1, -0.05) is 12.1 Å². The summed E-state index contributed by atoms with van der Waals surface area (Å²) in [6.07, 6.45) is -3.92. The predicted molar refractivity (Wildman–Crippen MR) is 86.3 cm³/mol. The largest absolute Gasteiger partial charge is 0.494 e. The number of aromatic hydroxyl groups is 1. The molecule has 140 valence electrons. The monoisotopic (exact) mass is 381 g/mol. The molecule has 0 saturated carbocycles. The molecule has 2 aromatic heterocycles. The number of rotatable bonds is 3. The summed E-state index contributed by atoms with van der Waals surface area (Å²) in [5.74, 6) is -1.93. The van der Waals surface area contributed by atoms with Gasteiger partial charge in [0.15, 0.2) is 5.56 Å². The lowest BCUT2D eigenvalue weighted by Crippen LogP contribution is -2.30. The molecule has 5 N–H and O–H groups in total. The molecule has 9 nitrogen and oxygen atoms in total. The highest BCUT2D eigenvalue weighted by molar-refractivity contribution is 6.05. The number of hydrogen-bond donors (Lipinski definition) is 5. The number of carbonyl (C=O) groups excluding carboxylic acids is 1. The van der Waals surface area contributed by atoms with Crippen LogP contribution in [0.15, 0.2) is 40.1 Å². The van der Waals surface area contributed by atoms with Gasteiger partial charge in [0.2, 0.25) is 5.88 Å². The Hall–Kier alpha value is -3.83. The van der Waals surface area contributed by atoms with Crippen LogP contribution in [0.25, 0.3) is 11.3 Å². The van der Waals surface area contributed by atoms with E-state index in [1.807, 2.05) is 4.98 Å². The highest BCUT2D eigenvalue weighted by Gasteiger charge is 2.35. The molecule has 0 bridgehead atoms. The second kappa shape index (κ2) is 6.48. The van der Waals surface area contributed by atoms with Gasteiger partial charge in [0.1, 0.15) is 5.56 Å². The van der Waals surface area contributed by atoms with Crippen LogP contribution in [0.3, 0.4) is 0 Å². The molecule has 0 unspecified atom stereocenters. The molecular weight excluding hydrogens is 371 g/mol. The Morgan fingerprint density at radius 2 is 1.78 bits per heavy atom. The molecule has 0 saturated heterocycles. The summed E-state index contributed by atoms with van der Waals surface area (Å²) in [5.41, 5.74) is -3.67. The smallest absolute Gasteiger partial charge is 0.420 e. The SMILES string of the molecule is O=C(Nc1ccc(-c2[nH]ncc2C(F)(F)F)cc1)c1c(O)[nH]c(=O)[nH]c1=O. The van der Waals surface area contributed by atoms with Crippen LogP contribution < -0.4 is 16.6 Å². The Bertz CT molecular complexity index is 1110. The van der Waals surface area contributed by atoms with Gasteiger partial charge >= 0.3 is 11.9 Å². The molecule has 1 aromatic carbocycles. The van der Waals surface area contributed by atoms with Crippen molar-refractivity contribution in [2.24, 2.45) is 0 Å². The minimum atomic E-state index is -4.59. The second-order valence-electron chi connectivity index (χ2n) is 5.32. The van der Waals surface area contributed by atoms with Crippen LogP contribution in [0.5, 0.6) is 5.88 Å². The van der Waals surface area contributed by atoms with Crippen molar-refractivity contribution in [1.29, 1.82) is 0 Å². The van der Waals surface area contributed by atoms with E-state index in [1.54, 1.807) is 4.98 Å². The van der Waals surface area contributed by atoms with Gasteiger partial charge in [0.25, 0.3) is 11.5 Å². The maximum Gasteiger partial charge on any atom is 0.420 e. The number of aromatic nitrogens is 4. The van der Waals surface area contributed by atoms with Crippen LogP contribution in [0.2, 0.25) is 0 Å². The molecule has 0 atom stereocenters. The van der Waals surface area contributed by atoms with Crippen LogP contribution in [0.4, 0.5) is 18.9 Å². The molecular formula is C15H10F3N5O4. The number of aromatic amines is 3. The predicted octanol–water partition coefficient (Wildman–Crippen LogP) is 1.43. The molecule has 12 heteroatoms. The zero-order valence-corrected chi connectivity index (χ0v) is 13.1. The van der Waals surface area contributed by atoms with Crippen molar-refractivity contribution in [2.75, 3.05) is 5.32 Å². The average molecular weight is 381 g/mol. The topological polar surface area (TPSA) is 144 Å². The molecule has 1 amide bonds. The maximum absolute atomic E-state index is 12.9. The Balaban J connectivity index is 1.85. The lowest BCUT2D eigenvalue weighted by Gasteiger charge is -2.09. The van der Waals surface area contributed by atoms with E-state index in [1.165, 1.54) is 24.3 Å². The third kappa shape index (κ3) is 3.58. The summed E-state index contributed by atoms with van der Waals surface area (Å²) in [7, 11) is 0. The Morgan fingerprint density at radius 3 is 2.37 bits per heavy atom. The number of carbonyl (C=O) groups is 1. The first-order chi connectivity index (χ1) is 12.7. The van der Waals surface area contributed by atoms with Gasteiger partial charge in [0.05, 0.1) is 11.9 Å². The Morgan fingerprint density at radius 1 is 1.11 bits per heavy atom. The van der Waals surface area contributed by atoms with Crippen molar-refractivity contribution >= 4 is 11.6 Å². The standard InChI is InChI=1S/C15H10F3N5O4/c16-15(17,18)8-5-19-23-10(8)6-1-3-7(4-2-6)20-11(24)9-12(25)21-14(27)22-13(9)26/h1-5H,(H,19,23)(H,20,24)(H3,21,22,25,26,27). The molecule has 3 rings (SSSR count). The van der Waals surface area contributed by atoms with Crippen LogP contribution in [-0.2, 0) is 6.18 Å². The first-order valence-electron chi connectivity index (χ1n) is 7.24. The minimum Gasteiger partial charge on any atom is -0.494 e. The molecule has 0 aliphatic rings. The van der Waals surface area contributed by atoms with Gasteiger partial charge < -0.3 is 10.4 Å². The third-order valence-corrected chi connectivity index (χ3v) is 3.53. The maximum atomic E-state index is 12.9. The minimum absolute atomic E-state index is 0.141. The van der Waals surface area contributed by atoms with Crippen LogP contribution >= 0.6 is 0 Å². The van der Waals surface area contributed by atoms with Crippen molar-refractivity contribution in [2.45, 2.75) is 6.18 Å². The zero-order chi connectivity index (χ0) is 19.8. The fourth-order valence-electron chi connectivity index (χ4n) is 2.32. The molecule has 0 aliphatic carbocycles. The average Bonchev–Trinajstić information content (AvgIpc) is 3.04. The molecule has 3 aromatic rings. The lowest BCUT2D eigenvalue weighted by atomic mass is 10.1. The van der Waals surface area contributed by atoms with Gasteiger partial charge in [-0.2, -0.15) is 18.3 Å². The summed E-state index contributed by atoms with van der Waals surface area (Å²) < 4.78 is 38.7. The number of anilines is 1. The molecule has 0 fully saturated rings. The third-order valence-electron chi connectivity index (χ3n) is 3.53. The molecule has 0 spiro atoms. The van der Waals surface area contributed by atoms with E-state index >= 15 is 0 Å². The highest BCUT2D eigenvalue weighted by atomic mass is 19.4. The van der Waals surface area contributed by atoms with Crippen LogP contribution in [0.1, 0.15) is 15.9 Å². The van der Waals surface area contributed by atoms with Gasteiger partial charge in [-0.05, 0) is 12.1 Å². The van der Waals surface area contributed by atoms with Crippen LogP contribution in [-0.4, -0.2) is 31.2 Å². The first kappa shape index (κ1) is 18.0. The van der Waals surface area contributed by atoms with E-state index in [0.717, 1.165) is 0 Å². The summed E-state index contributed by atoms with van der Waals surface area (Å²) in [6.45, 7) is 0. The van der Waals surface area contributed by atoms with E-state index in [0.29, 0.717) is 6.20 Å². The number of amides is 1. The van der Waals surface area contributed by atoms with Gasteiger partial charge in [-0.3, -0.25) is 24.7 Å². The van der Waals surface area contributed by atoms with E-state index in [2.05, 4.69) is 15.5 Å². The number of alkyl halides is 3. The number of nitrogens with one attached hydrogen (secondary N) is 4. The van der Waals surface area contributed by atoms with Gasteiger partial charge in [-0.25, -0.2) is 4.79 Å². The summed E-state index contributed by atoms with van der Waals surface area (Å²) in [5, 5.41) is 17.5. The quantitative estimate of drug-likeness (QED) is 0.466. The van der Waals surface area contributed by atoms with E-state index in [9.17, 15) is 32.7 Å². The molecule has 0 aliphatic heterocycles. The zero-order valence-electron chi connectivity index (χ0n) is 13.1. The van der Waals surface area contributed by atoms with Crippen molar-refractivity contribution < 1.29 is 23.1 Å². The van der Waals surface area contributed by atoms with E-state index in [-0.39, 0.29) is 16.9 Å². The Kier molecular flexibility index (Phi) is 4.31. The van der Waals surface area contributed by atoms with Crippen molar-refractivity contribution in [3.63, 3.8) is 0 Å². The van der Waals surface area contributed by atoms with Crippen molar-refractivity contribution in [3.05, 3.63) is 62.4 Å². The number of nitrogens with zero attached hydrogens (tertiary/aromatic N) is 1. The van der Waals surface area contributed by atoms with E-state index in [4.69, 9.17) is 0 Å². The molecule has 27 heavy (non-hydrogen) atoms.